The minimum absolute atomic E-state index is 0.0521. The molecule has 25 heavy (non-hydrogen) atoms. The van der Waals surface area contributed by atoms with Gasteiger partial charge < -0.3 is 5.11 Å². The Hall–Kier alpha value is -1.79. The average molecular weight is 376 g/mol. The largest absolute Gasteiger partial charge is 0.463 e. The lowest BCUT2D eigenvalue weighted by Gasteiger charge is -2.12. The van der Waals surface area contributed by atoms with Gasteiger partial charge in [0.1, 0.15) is 11.6 Å². The molecule has 130 valence electrons. The Morgan fingerprint density at radius 1 is 1.32 bits per heavy atom. The normalized spacial score (nSPS) is 17.2. The maximum atomic E-state index is 13.2. The summed E-state index contributed by atoms with van der Waals surface area (Å²) in [5.41, 5.74) is 3.37. The highest BCUT2D eigenvalue weighted by molar-refractivity contribution is 8.14. The molecule has 1 unspecified atom stereocenters. The van der Waals surface area contributed by atoms with Crippen molar-refractivity contribution in [3.05, 3.63) is 65.0 Å². The van der Waals surface area contributed by atoms with Gasteiger partial charge >= 0.3 is 5.90 Å². The number of aliphatic hydroxyl groups is 1. The van der Waals surface area contributed by atoms with E-state index in [1.165, 1.54) is 23.9 Å². The van der Waals surface area contributed by atoms with Crippen molar-refractivity contribution >= 4 is 40.2 Å². The molecule has 2 aromatic rings. The summed E-state index contributed by atoms with van der Waals surface area (Å²) in [5, 5.41) is 10.3. The fourth-order valence-corrected chi connectivity index (χ4v) is 4.57. The molecule has 1 heterocycles. The van der Waals surface area contributed by atoms with Crippen LogP contribution in [0.3, 0.4) is 0 Å². The Morgan fingerprint density at radius 3 is 2.68 bits per heavy atom. The molecule has 0 saturated carbocycles. The maximum Gasteiger partial charge on any atom is 0.351 e. The Labute approximate surface area is 155 Å². The predicted molar refractivity (Wildman–Crippen MR) is 103 cm³/mol. The van der Waals surface area contributed by atoms with Crippen molar-refractivity contribution in [1.82, 2.24) is 0 Å². The zero-order valence-electron chi connectivity index (χ0n) is 14.0. The summed E-state index contributed by atoms with van der Waals surface area (Å²) in [6.45, 7) is 3.88. The molecule has 0 spiro atoms. The van der Waals surface area contributed by atoms with Gasteiger partial charge in [-0.2, -0.15) is 0 Å². The summed E-state index contributed by atoms with van der Waals surface area (Å²) in [6, 6.07) is 11.9. The molecule has 1 N–H and O–H groups in total. The lowest BCUT2D eigenvalue weighted by Crippen LogP contribution is -2.15. The number of aliphatic hydroxyl groups excluding tert-OH is 1. The summed E-state index contributed by atoms with van der Waals surface area (Å²) in [7, 11) is 0. The monoisotopic (exact) mass is 376 g/mol. The number of thioether (sulfide) groups is 2. The molecular weight excluding hydrogens is 357 g/mol. The number of hydrogen-bond donors (Lipinski definition) is 1. The third-order valence-electron chi connectivity index (χ3n) is 4.01. The lowest BCUT2D eigenvalue weighted by molar-refractivity contribution is -0.467. The molecule has 1 aliphatic rings. The number of rotatable bonds is 4. The number of carbonyl (C=O) groups is 1. The third-order valence-corrected chi connectivity index (χ3v) is 6.02. The van der Waals surface area contributed by atoms with Crippen molar-refractivity contribution in [2.24, 2.45) is 0 Å². The number of benzene rings is 2. The van der Waals surface area contributed by atoms with Crippen molar-refractivity contribution in [1.29, 1.82) is 0 Å². The number of carbonyl (C=O) groups excluding carboxylic acids is 1. The summed E-state index contributed by atoms with van der Waals surface area (Å²) >= 11 is 2.87. The van der Waals surface area contributed by atoms with E-state index in [0.29, 0.717) is 11.3 Å². The van der Waals surface area contributed by atoms with E-state index in [2.05, 4.69) is 0 Å². The predicted octanol–water partition coefficient (Wildman–Crippen LogP) is 5.07. The van der Waals surface area contributed by atoms with E-state index >= 15 is 0 Å². The topological polar surface area (TPSA) is 40.3 Å². The first-order chi connectivity index (χ1) is 12.0. The standard InChI is InChI=1S/C19H18FNO2S2/c1-3-24-19(23)14-6-9-16(12(2)10-14)21-17(22)11-25-18(21)13-4-7-15(20)8-5-13/h4-10,18H,3,11H2,1-2H3/p+1. The zero-order chi connectivity index (χ0) is 18.0. The molecule has 3 nitrogen and oxygen atoms in total. The molecule has 1 atom stereocenters. The van der Waals surface area contributed by atoms with Gasteiger partial charge in [-0.3, -0.25) is 4.79 Å². The van der Waals surface area contributed by atoms with Gasteiger partial charge in [0, 0.05) is 22.8 Å². The van der Waals surface area contributed by atoms with Crippen LogP contribution in [0.25, 0.3) is 0 Å². The van der Waals surface area contributed by atoms with Gasteiger partial charge in [0.25, 0.3) is 0 Å². The maximum absolute atomic E-state index is 13.2. The number of nitrogens with zero attached hydrogens (tertiary/aromatic N) is 1. The van der Waals surface area contributed by atoms with Crippen LogP contribution < -0.4 is 0 Å². The minimum Gasteiger partial charge on any atom is -0.463 e. The van der Waals surface area contributed by atoms with Crippen LogP contribution in [0, 0.1) is 12.7 Å². The van der Waals surface area contributed by atoms with Crippen LogP contribution in [0.1, 0.15) is 33.8 Å². The minimum atomic E-state index is -0.279. The molecule has 6 heteroatoms. The van der Waals surface area contributed by atoms with Crippen LogP contribution in [0.4, 0.5) is 10.1 Å². The Bertz CT molecular complexity index is 834. The van der Waals surface area contributed by atoms with Gasteiger partial charge in [-0.25, -0.2) is 4.39 Å². The second-order valence-corrected chi connectivity index (χ2v) is 8.03. The Morgan fingerprint density at radius 2 is 2.04 bits per heavy atom. The van der Waals surface area contributed by atoms with Crippen LogP contribution in [0.2, 0.25) is 0 Å². The smallest absolute Gasteiger partial charge is 0.351 e. The summed E-state index contributed by atoms with van der Waals surface area (Å²) in [6.07, 6.45) is 0. The highest BCUT2D eigenvalue weighted by atomic mass is 32.2. The van der Waals surface area contributed by atoms with Gasteiger partial charge in [-0.05, 0) is 49.1 Å². The summed E-state index contributed by atoms with van der Waals surface area (Å²) < 4.78 is 15.1. The van der Waals surface area contributed by atoms with Crippen molar-refractivity contribution < 1.29 is 18.9 Å². The van der Waals surface area contributed by atoms with E-state index < -0.39 is 0 Å². The molecule has 0 radical (unpaired) electrons. The van der Waals surface area contributed by atoms with Gasteiger partial charge in [-0.15, -0.1) is 4.58 Å². The molecule has 1 aliphatic heterocycles. The first kappa shape index (κ1) is 18.0. The Balaban J connectivity index is 1.97. The first-order valence-corrected chi connectivity index (χ1v) is 10.0. The summed E-state index contributed by atoms with van der Waals surface area (Å²) in [5.74, 6) is 1.22. The first-order valence-electron chi connectivity index (χ1n) is 8.00. The highest BCUT2D eigenvalue weighted by Gasteiger charge is 2.37. The molecule has 0 aromatic heterocycles. The van der Waals surface area contributed by atoms with E-state index in [1.54, 1.807) is 30.0 Å². The van der Waals surface area contributed by atoms with Crippen molar-refractivity contribution in [3.8, 4) is 0 Å². The van der Waals surface area contributed by atoms with Crippen LogP contribution >= 0.6 is 23.5 Å². The quantitative estimate of drug-likeness (QED) is 0.756. The number of aryl methyl sites for hydroxylation is 1. The fourth-order valence-electron chi connectivity index (χ4n) is 2.84. The second-order valence-electron chi connectivity index (χ2n) is 5.72. The molecular formula is C19H19FNO2S2+. The molecule has 0 aliphatic carbocycles. The number of hydrogen-bond acceptors (Lipinski definition) is 3. The van der Waals surface area contributed by atoms with Crippen molar-refractivity contribution in [3.63, 3.8) is 0 Å². The molecule has 3 rings (SSSR count). The second kappa shape index (κ2) is 7.62. The van der Waals surface area contributed by atoms with Crippen LogP contribution in [0.5, 0.6) is 0 Å². The SMILES string of the molecule is CCSC(=O)c1ccc([N+]2=C(O)CSC2c2ccc(F)cc2)c(C)c1. The third kappa shape index (κ3) is 3.75. The van der Waals surface area contributed by atoms with Crippen molar-refractivity contribution in [2.45, 2.75) is 19.2 Å². The van der Waals surface area contributed by atoms with Crippen LogP contribution in [-0.2, 0) is 0 Å². The van der Waals surface area contributed by atoms with E-state index in [-0.39, 0.29) is 22.2 Å². The van der Waals surface area contributed by atoms with Gasteiger partial charge in [0.15, 0.2) is 0 Å². The molecule has 0 amide bonds. The van der Waals surface area contributed by atoms with E-state index in [0.717, 1.165) is 22.6 Å². The van der Waals surface area contributed by atoms with Gasteiger partial charge in [0.05, 0.1) is 0 Å². The lowest BCUT2D eigenvalue weighted by atomic mass is 10.1. The van der Waals surface area contributed by atoms with E-state index in [1.807, 2.05) is 30.6 Å². The zero-order valence-corrected chi connectivity index (χ0v) is 15.7. The summed E-state index contributed by atoms with van der Waals surface area (Å²) in [4.78, 5) is 12.1. The average Bonchev–Trinajstić information content (AvgIpc) is 2.97. The van der Waals surface area contributed by atoms with Gasteiger partial charge in [-0.1, -0.05) is 30.4 Å². The van der Waals surface area contributed by atoms with E-state index in [4.69, 9.17) is 0 Å². The van der Waals surface area contributed by atoms with Crippen molar-refractivity contribution in [2.75, 3.05) is 11.5 Å². The van der Waals surface area contributed by atoms with Gasteiger partial charge in [0.2, 0.25) is 16.2 Å². The molecule has 0 fully saturated rings. The van der Waals surface area contributed by atoms with Crippen LogP contribution in [0.15, 0.2) is 42.5 Å². The molecule has 0 saturated heterocycles. The Kier molecular flexibility index (Phi) is 5.49. The van der Waals surface area contributed by atoms with E-state index in [9.17, 15) is 14.3 Å². The highest BCUT2D eigenvalue weighted by Crippen LogP contribution is 2.40. The fraction of sp³-hybridized carbons (Fsp3) is 0.263. The molecule has 2 aromatic carbocycles. The number of halogens is 1. The molecule has 0 bridgehead atoms. The van der Waals surface area contributed by atoms with Crippen LogP contribution in [-0.4, -0.2) is 32.2 Å².